The van der Waals surface area contributed by atoms with Crippen LogP contribution in [-0.4, -0.2) is 52.3 Å². The van der Waals surface area contributed by atoms with Gasteiger partial charge in [0.05, 0.1) is 29.8 Å². The monoisotopic (exact) mass is 388 g/mol. The van der Waals surface area contributed by atoms with E-state index in [2.05, 4.69) is 26.1 Å². The first-order valence-corrected chi connectivity index (χ1v) is 10.1. The first-order valence-electron chi connectivity index (χ1n) is 10.1. The van der Waals surface area contributed by atoms with E-state index in [0.717, 1.165) is 49.7 Å². The minimum absolute atomic E-state index is 0.0981. The fourth-order valence-electron chi connectivity index (χ4n) is 4.33. The third kappa shape index (κ3) is 3.44. The Morgan fingerprint density at radius 3 is 2.72 bits per heavy atom. The zero-order chi connectivity index (χ0) is 19.6. The molecule has 2 aliphatic heterocycles. The number of pyridine rings is 1. The van der Waals surface area contributed by atoms with Crippen LogP contribution in [0.3, 0.4) is 0 Å². The van der Waals surface area contributed by atoms with Crippen molar-refractivity contribution in [2.45, 2.75) is 18.9 Å². The number of rotatable bonds is 3. The molecule has 7 nitrogen and oxygen atoms in total. The summed E-state index contributed by atoms with van der Waals surface area (Å²) in [6.45, 7) is 3.74. The number of H-pyrrole nitrogens is 1. The van der Waals surface area contributed by atoms with Gasteiger partial charge in [0.15, 0.2) is 0 Å². The van der Waals surface area contributed by atoms with E-state index in [0.29, 0.717) is 12.5 Å². The Bertz CT molecular complexity index is 974. The topological polar surface area (TPSA) is 68.4 Å². The molecular weight excluding hydrogens is 364 g/mol. The molecule has 1 atom stereocenters. The van der Waals surface area contributed by atoms with Crippen LogP contribution in [0.25, 0.3) is 0 Å². The van der Waals surface area contributed by atoms with E-state index in [4.69, 9.17) is 0 Å². The summed E-state index contributed by atoms with van der Waals surface area (Å²) in [5, 5.41) is 6.93. The summed E-state index contributed by atoms with van der Waals surface area (Å²) in [4.78, 5) is 24.0. The molecule has 0 bridgehead atoms. The van der Waals surface area contributed by atoms with Crippen molar-refractivity contribution < 1.29 is 4.79 Å². The Balaban J connectivity index is 1.34. The van der Waals surface area contributed by atoms with E-state index in [1.165, 1.54) is 5.56 Å². The number of likely N-dealkylation sites (tertiary alicyclic amines) is 1. The molecule has 148 valence electrons. The highest BCUT2D eigenvalue weighted by atomic mass is 16.2. The lowest BCUT2D eigenvalue weighted by molar-refractivity contribution is 0.214. The summed E-state index contributed by atoms with van der Waals surface area (Å²) < 4.78 is 0. The highest BCUT2D eigenvalue weighted by Gasteiger charge is 2.34. The summed E-state index contributed by atoms with van der Waals surface area (Å²) in [5.74, 6) is 0.360. The van der Waals surface area contributed by atoms with Gasteiger partial charge in [0, 0.05) is 44.5 Å². The summed E-state index contributed by atoms with van der Waals surface area (Å²) in [6, 6.07) is 14.3. The molecule has 5 rings (SSSR count). The van der Waals surface area contributed by atoms with E-state index >= 15 is 0 Å². The average molecular weight is 388 g/mol. The van der Waals surface area contributed by atoms with Gasteiger partial charge in [-0.25, -0.2) is 4.79 Å². The molecule has 0 spiro atoms. The van der Waals surface area contributed by atoms with Gasteiger partial charge in [-0.2, -0.15) is 5.10 Å². The van der Waals surface area contributed by atoms with Gasteiger partial charge >= 0.3 is 6.03 Å². The van der Waals surface area contributed by atoms with Crippen LogP contribution in [-0.2, 0) is 6.54 Å². The van der Waals surface area contributed by atoms with Crippen molar-refractivity contribution >= 4 is 17.4 Å². The molecule has 2 amide bonds. The second-order valence-electron chi connectivity index (χ2n) is 7.63. The van der Waals surface area contributed by atoms with Crippen LogP contribution in [0.4, 0.5) is 16.2 Å². The third-order valence-electron chi connectivity index (χ3n) is 5.87. The van der Waals surface area contributed by atoms with Gasteiger partial charge < -0.3 is 9.80 Å². The lowest BCUT2D eigenvalue weighted by Gasteiger charge is -2.39. The highest BCUT2D eigenvalue weighted by molar-refractivity contribution is 5.97. The number of urea groups is 1. The van der Waals surface area contributed by atoms with Crippen LogP contribution in [0.1, 0.15) is 23.6 Å². The van der Waals surface area contributed by atoms with Crippen LogP contribution >= 0.6 is 0 Å². The molecule has 1 N–H and O–H groups in total. The Morgan fingerprint density at radius 2 is 1.93 bits per heavy atom. The number of nitrogens with one attached hydrogen (secondary N) is 1. The van der Waals surface area contributed by atoms with Crippen molar-refractivity contribution in [3.8, 4) is 0 Å². The zero-order valence-corrected chi connectivity index (χ0v) is 16.2. The number of carbonyl (C=O) groups is 1. The van der Waals surface area contributed by atoms with Crippen molar-refractivity contribution in [2.24, 2.45) is 0 Å². The van der Waals surface area contributed by atoms with Crippen LogP contribution in [0, 0.1) is 0 Å². The molecule has 3 aromatic rings. The smallest absolute Gasteiger partial charge is 0.324 e. The highest BCUT2D eigenvalue weighted by Crippen LogP contribution is 2.35. The summed E-state index contributed by atoms with van der Waals surface area (Å²) in [7, 11) is 0. The van der Waals surface area contributed by atoms with E-state index in [1.807, 2.05) is 64.8 Å². The Kier molecular flexibility index (Phi) is 4.63. The first kappa shape index (κ1) is 17.7. The molecular formula is C22H24N6O. The number of nitrogens with zero attached hydrogens (tertiary/aromatic N) is 5. The normalized spacial score (nSPS) is 18.8. The van der Waals surface area contributed by atoms with E-state index < -0.39 is 0 Å². The Morgan fingerprint density at radius 1 is 1.07 bits per heavy atom. The number of para-hydroxylation sites is 2. The third-order valence-corrected chi connectivity index (χ3v) is 5.87. The number of anilines is 2. The molecule has 0 saturated carbocycles. The number of hydrogen-bond acceptors (Lipinski definition) is 4. The van der Waals surface area contributed by atoms with E-state index in [9.17, 15) is 4.79 Å². The summed E-state index contributed by atoms with van der Waals surface area (Å²) in [6.07, 6.45) is 6.60. The summed E-state index contributed by atoms with van der Waals surface area (Å²) in [5.41, 5.74) is 4.28. The fourth-order valence-corrected chi connectivity index (χ4v) is 4.33. The van der Waals surface area contributed by atoms with Gasteiger partial charge in [0.25, 0.3) is 0 Å². The SMILES string of the molecule is O=C(N1CCC(c2cn[nH]c2)C1)N1CCN(Cc2ccccn2)c2ccccc21. The lowest BCUT2D eigenvalue weighted by Crippen LogP contribution is -2.49. The maximum Gasteiger partial charge on any atom is 0.324 e. The molecule has 2 aliphatic rings. The molecule has 0 radical (unpaired) electrons. The molecule has 0 aliphatic carbocycles. The number of aromatic amines is 1. The van der Waals surface area contributed by atoms with Gasteiger partial charge in [0.1, 0.15) is 0 Å². The maximum absolute atomic E-state index is 13.3. The number of carbonyl (C=O) groups excluding carboxylic acids is 1. The van der Waals surface area contributed by atoms with E-state index in [1.54, 1.807) is 0 Å². The molecule has 29 heavy (non-hydrogen) atoms. The van der Waals surface area contributed by atoms with Crippen LogP contribution in [0.15, 0.2) is 61.1 Å². The minimum atomic E-state index is 0.0981. The van der Waals surface area contributed by atoms with E-state index in [-0.39, 0.29) is 6.03 Å². The van der Waals surface area contributed by atoms with Crippen molar-refractivity contribution in [1.82, 2.24) is 20.1 Å². The van der Waals surface area contributed by atoms with Gasteiger partial charge in [-0.3, -0.25) is 15.0 Å². The van der Waals surface area contributed by atoms with Crippen LogP contribution < -0.4 is 9.80 Å². The van der Waals surface area contributed by atoms with Gasteiger partial charge in [-0.1, -0.05) is 18.2 Å². The number of fused-ring (bicyclic) bond motifs is 1. The quantitative estimate of drug-likeness (QED) is 0.748. The van der Waals surface area contributed by atoms with Crippen LogP contribution in [0.2, 0.25) is 0 Å². The van der Waals surface area contributed by atoms with Crippen molar-refractivity contribution in [3.05, 3.63) is 72.3 Å². The van der Waals surface area contributed by atoms with Crippen molar-refractivity contribution in [1.29, 1.82) is 0 Å². The zero-order valence-electron chi connectivity index (χ0n) is 16.2. The minimum Gasteiger partial charge on any atom is -0.362 e. The average Bonchev–Trinajstić information content (AvgIpc) is 3.46. The second-order valence-corrected chi connectivity index (χ2v) is 7.63. The molecule has 7 heteroatoms. The van der Waals surface area contributed by atoms with Crippen molar-refractivity contribution in [2.75, 3.05) is 36.0 Å². The lowest BCUT2D eigenvalue weighted by atomic mass is 10.0. The Labute approximate surface area is 170 Å². The van der Waals surface area contributed by atoms with Crippen molar-refractivity contribution in [3.63, 3.8) is 0 Å². The largest absolute Gasteiger partial charge is 0.362 e. The Hall–Kier alpha value is -3.35. The van der Waals surface area contributed by atoms with Gasteiger partial charge in [-0.05, 0) is 36.2 Å². The predicted octanol–water partition coefficient (Wildman–Crippen LogP) is 3.24. The standard InChI is InChI=1S/C22H24N6O/c29-22(27-10-8-17(15-27)18-13-24-25-14-18)28-12-11-26(16-19-5-3-4-9-23-19)20-6-1-2-7-21(20)28/h1-7,9,13-14,17H,8,10-12,15-16H2,(H,24,25). The van der Waals surface area contributed by atoms with Gasteiger partial charge in [-0.15, -0.1) is 0 Å². The molecule has 1 fully saturated rings. The maximum atomic E-state index is 13.3. The predicted molar refractivity (Wildman–Crippen MR) is 112 cm³/mol. The number of amides is 2. The molecule has 1 aromatic carbocycles. The van der Waals surface area contributed by atoms with Crippen LogP contribution in [0.5, 0.6) is 0 Å². The number of benzene rings is 1. The molecule has 1 saturated heterocycles. The van der Waals surface area contributed by atoms with Gasteiger partial charge in [0.2, 0.25) is 0 Å². The fraction of sp³-hybridized carbons (Fsp3) is 0.318. The second kappa shape index (κ2) is 7.58. The molecule has 2 aromatic heterocycles. The number of aromatic nitrogens is 3. The first-order chi connectivity index (χ1) is 14.3. The molecule has 4 heterocycles. The number of hydrogen-bond donors (Lipinski definition) is 1. The molecule has 1 unspecified atom stereocenters. The summed E-state index contributed by atoms with van der Waals surface area (Å²) >= 11 is 0.